The maximum absolute atomic E-state index is 8.70. The molecule has 0 aromatic carbocycles. The molecule has 0 bridgehead atoms. The summed E-state index contributed by atoms with van der Waals surface area (Å²) >= 11 is 0. The Morgan fingerprint density at radius 1 is 0.750 bits per heavy atom. The van der Waals surface area contributed by atoms with Crippen molar-refractivity contribution in [1.82, 2.24) is 0 Å². The molecule has 0 saturated heterocycles. The second-order valence-electron chi connectivity index (χ2n) is 1.57. The van der Waals surface area contributed by atoms with Gasteiger partial charge in [0.15, 0.2) is 0 Å². The quantitative estimate of drug-likeness (QED) is 0.656. The van der Waals surface area contributed by atoms with Crippen LogP contribution in [0.3, 0.4) is 0 Å². The first-order valence-corrected chi connectivity index (χ1v) is 2.60. The van der Waals surface area contributed by atoms with Crippen LogP contribution in [0.2, 0.25) is 0 Å². The predicted octanol–water partition coefficient (Wildman–Crippen LogP) is 5.86. The number of hydrogen-bond acceptors (Lipinski definition) is 2. The second-order valence-corrected chi connectivity index (χ2v) is 1.57. The number of rotatable bonds is 3. The summed E-state index contributed by atoms with van der Waals surface area (Å²) in [4.78, 5) is 0. The van der Waals surface area contributed by atoms with Crippen LogP contribution in [-0.2, 0) is 0 Å². The van der Waals surface area contributed by atoms with Crippen LogP contribution in [0, 0.1) is 0 Å². The molecule has 2 nitrogen and oxygen atoms in total. The topological polar surface area (TPSA) is 40.5 Å². The maximum Gasteiger partial charge on any atom is 0.0559 e. The SMILES string of the molecule is C.C.C.C.C.C.C.C.C.CCC(O)CCO. The van der Waals surface area contributed by atoms with Gasteiger partial charge in [0.05, 0.1) is 6.10 Å². The molecule has 0 amide bonds. The predicted molar refractivity (Wildman–Crippen MR) is 88.6 cm³/mol. The van der Waals surface area contributed by atoms with Gasteiger partial charge in [-0.15, -0.1) is 0 Å². The van der Waals surface area contributed by atoms with Crippen molar-refractivity contribution in [2.75, 3.05) is 6.61 Å². The van der Waals surface area contributed by atoms with E-state index in [4.69, 9.17) is 10.2 Å². The van der Waals surface area contributed by atoms with Gasteiger partial charge < -0.3 is 10.2 Å². The smallest absolute Gasteiger partial charge is 0.0559 e. The van der Waals surface area contributed by atoms with Crippen molar-refractivity contribution in [1.29, 1.82) is 0 Å². The summed E-state index contributed by atoms with van der Waals surface area (Å²) in [6.45, 7) is 1.98. The van der Waals surface area contributed by atoms with Crippen molar-refractivity contribution in [2.24, 2.45) is 0 Å². The highest BCUT2D eigenvalue weighted by molar-refractivity contribution is 4.47. The van der Waals surface area contributed by atoms with E-state index in [9.17, 15) is 0 Å². The van der Waals surface area contributed by atoms with E-state index in [-0.39, 0.29) is 79.6 Å². The van der Waals surface area contributed by atoms with E-state index in [2.05, 4.69) is 0 Å². The zero-order chi connectivity index (χ0) is 5.70. The summed E-state index contributed by atoms with van der Waals surface area (Å²) in [5, 5.41) is 16.9. The molecule has 0 fully saturated rings. The third kappa shape index (κ3) is 96.0. The van der Waals surface area contributed by atoms with Crippen LogP contribution in [-0.4, -0.2) is 22.9 Å². The lowest BCUT2D eigenvalue weighted by molar-refractivity contribution is 0.129. The lowest BCUT2D eigenvalue weighted by atomic mass is 10.2. The Bertz CT molecular complexity index is 39.7. The molecular formula is C14H48O2. The molecule has 0 radical (unpaired) electrons. The highest BCUT2D eigenvalue weighted by Gasteiger charge is 1.95. The minimum absolute atomic E-state index is 0. The molecule has 0 aromatic heterocycles. The van der Waals surface area contributed by atoms with Gasteiger partial charge >= 0.3 is 0 Å². The third-order valence-electron chi connectivity index (χ3n) is 0.934. The first-order chi connectivity index (χ1) is 3.31. The van der Waals surface area contributed by atoms with E-state index in [1.165, 1.54) is 0 Å². The molecule has 116 valence electrons. The van der Waals surface area contributed by atoms with Crippen molar-refractivity contribution in [3.63, 3.8) is 0 Å². The standard InChI is InChI=1S/C5H12O2.9CH4/c1-2-5(7)3-4-6;;;;;;;;;/h5-7H,2-4H2,1H3;9*1H4. The molecule has 0 aliphatic rings. The van der Waals surface area contributed by atoms with Gasteiger partial charge in [-0.3, -0.25) is 0 Å². The average molecular weight is 249 g/mol. The molecule has 0 heterocycles. The van der Waals surface area contributed by atoms with Gasteiger partial charge in [0.25, 0.3) is 0 Å². The zero-order valence-electron chi connectivity index (χ0n) is 4.59. The summed E-state index contributed by atoms with van der Waals surface area (Å²) in [5.74, 6) is 0. The lowest BCUT2D eigenvalue weighted by Gasteiger charge is -2.01. The van der Waals surface area contributed by atoms with Gasteiger partial charge in [0, 0.05) is 6.61 Å². The number of hydrogen-bond donors (Lipinski definition) is 2. The molecule has 0 aliphatic carbocycles. The summed E-state index contributed by atoms with van der Waals surface area (Å²) < 4.78 is 0. The van der Waals surface area contributed by atoms with E-state index in [0.717, 1.165) is 6.42 Å². The fourth-order valence-electron chi connectivity index (χ4n) is 0.353. The normalized spacial score (nSPS) is 6.19. The summed E-state index contributed by atoms with van der Waals surface area (Å²) in [7, 11) is 0. The van der Waals surface area contributed by atoms with E-state index in [1.54, 1.807) is 0 Å². The van der Waals surface area contributed by atoms with Crippen molar-refractivity contribution in [3.05, 3.63) is 0 Å². The first-order valence-electron chi connectivity index (χ1n) is 2.60. The van der Waals surface area contributed by atoms with Crippen LogP contribution in [0.25, 0.3) is 0 Å². The van der Waals surface area contributed by atoms with Crippen LogP contribution in [0.4, 0.5) is 0 Å². The van der Waals surface area contributed by atoms with Gasteiger partial charge in [-0.05, 0) is 12.8 Å². The molecule has 0 aromatic rings. The Hall–Kier alpha value is -0.0800. The van der Waals surface area contributed by atoms with E-state index >= 15 is 0 Å². The van der Waals surface area contributed by atoms with Gasteiger partial charge in [-0.1, -0.05) is 73.8 Å². The highest BCUT2D eigenvalue weighted by Crippen LogP contribution is 1.92. The van der Waals surface area contributed by atoms with Crippen LogP contribution in [0.5, 0.6) is 0 Å². The Labute approximate surface area is 110 Å². The van der Waals surface area contributed by atoms with Gasteiger partial charge in [0.1, 0.15) is 0 Å². The molecular weight excluding hydrogens is 200 g/mol. The van der Waals surface area contributed by atoms with Crippen LogP contribution >= 0.6 is 0 Å². The fraction of sp³-hybridized carbons (Fsp3) is 1.00. The number of aliphatic hydroxyl groups excluding tert-OH is 2. The van der Waals surface area contributed by atoms with E-state index in [1.807, 2.05) is 6.92 Å². The molecule has 16 heavy (non-hydrogen) atoms. The number of aliphatic hydroxyl groups is 2. The Morgan fingerprint density at radius 3 is 1.06 bits per heavy atom. The molecule has 2 heteroatoms. The minimum Gasteiger partial charge on any atom is -0.396 e. The van der Waals surface area contributed by atoms with Crippen molar-refractivity contribution >= 4 is 0 Å². The summed E-state index contributed by atoms with van der Waals surface area (Å²) in [6.07, 6.45) is 0.946. The minimum atomic E-state index is -0.301. The van der Waals surface area contributed by atoms with Crippen molar-refractivity contribution in [3.8, 4) is 0 Å². The molecule has 1 atom stereocenters. The van der Waals surface area contributed by atoms with E-state index < -0.39 is 0 Å². The fourth-order valence-corrected chi connectivity index (χ4v) is 0.353. The first kappa shape index (κ1) is 101. The average Bonchev–Trinajstić information content (AvgIpc) is 1.68. The third-order valence-corrected chi connectivity index (χ3v) is 0.934. The molecule has 0 rings (SSSR count). The lowest BCUT2D eigenvalue weighted by Crippen LogP contribution is -2.05. The van der Waals surface area contributed by atoms with E-state index in [0.29, 0.717) is 6.42 Å². The maximum atomic E-state index is 8.70. The van der Waals surface area contributed by atoms with Crippen LogP contribution in [0.15, 0.2) is 0 Å². The molecule has 0 aliphatic heterocycles. The summed E-state index contributed by atoms with van der Waals surface area (Å²) in [5.41, 5.74) is 0. The molecule has 0 saturated carbocycles. The zero-order valence-corrected chi connectivity index (χ0v) is 4.59. The Balaban J connectivity index is -0.00000000500. The molecule has 2 N–H and O–H groups in total. The van der Waals surface area contributed by atoms with Crippen LogP contribution < -0.4 is 0 Å². The van der Waals surface area contributed by atoms with Crippen molar-refractivity contribution in [2.45, 2.75) is 92.7 Å². The van der Waals surface area contributed by atoms with Gasteiger partial charge in [-0.25, -0.2) is 0 Å². The van der Waals surface area contributed by atoms with Gasteiger partial charge in [-0.2, -0.15) is 0 Å². The largest absolute Gasteiger partial charge is 0.396 e. The summed E-state index contributed by atoms with van der Waals surface area (Å²) in [6, 6.07) is 0. The highest BCUT2D eigenvalue weighted by atomic mass is 16.3. The Morgan fingerprint density at radius 2 is 1.00 bits per heavy atom. The van der Waals surface area contributed by atoms with Gasteiger partial charge in [0.2, 0.25) is 0 Å². The van der Waals surface area contributed by atoms with Crippen molar-refractivity contribution < 1.29 is 10.2 Å². The molecule has 1 unspecified atom stereocenters. The Kier molecular flexibility index (Phi) is 521. The second kappa shape index (κ2) is 82.5. The monoisotopic (exact) mass is 248 g/mol. The van der Waals surface area contributed by atoms with Crippen LogP contribution in [0.1, 0.15) is 86.6 Å². The molecule has 0 spiro atoms.